The molecule has 5 heteroatoms. The van der Waals surface area contributed by atoms with Crippen LogP contribution >= 0.6 is 11.8 Å². The van der Waals surface area contributed by atoms with Crippen molar-refractivity contribution in [1.82, 2.24) is 4.98 Å². The standard InChI is InChI=1S/C13H12N4S/c14-6-5-11-10(8-18-13(15)16)4-3-9-2-1-7-17-12(9)11/h1-4,7H,5,8H2,(H3,15,16). The van der Waals surface area contributed by atoms with E-state index in [1.165, 1.54) is 11.8 Å². The van der Waals surface area contributed by atoms with Gasteiger partial charge in [-0.15, -0.1) is 0 Å². The van der Waals surface area contributed by atoms with E-state index in [9.17, 15) is 0 Å². The fraction of sp³-hybridized carbons (Fsp3) is 0.154. The van der Waals surface area contributed by atoms with E-state index in [2.05, 4.69) is 11.1 Å². The maximum absolute atomic E-state index is 8.93. The summed E-state index contributed by atoms with van der Waals surface area (Å²) < 4.78 is 0. The molecule has 0 fully saturated rings. The van der Waals surface area contributed by atoms with Crippen molar-refractivity contribution in [2.45, 2.75) is 12.2 Å². The van der Waals surface area contributed by atoms with Crippen molar-refractivity contribution in [3.63, 3.8) is 0 Å². The molecular weight excluding hydrogens is 244 g/mol. The van der Waals surface area contributed by atoms with Crippen molar-refractivity contribution in [2.24, 2.45) is 5.73 Å². The maximum Gasteiger partial charge on any atom is 0.151 e. The van der Waals surface area contributed by atoms with Gasteiger partial charge in [0.25, 0.3) is 0 Å². The van der Waals surface area contributed by atoms with Crippen molar-refractivity contribution < 1.29 is 0 Å². The highest BCUT2D eigenvalue weighted by Crippen LogP contribution is 2.24. The van der Waals surface area contributed by atoms with E-state index >= 15 is 0 Å². The number of nitrogens with zero attached hydrogens (tertiary/aromatic N) is 2. The number of hydrogen-bond acceptors (Lipinski definition) is 4. The number of amidine groups is 1. The Morgan fingerprint density at radius 1 is 1.44 bits per heavy atom. The van der Waals surface area contributed by atoms with Gasteiger partial charge in [0.1, 0.15) is 0 Å². The molecule has 4 nitrogen and oxygen atoms in total. The largest absolute Gasteiger partial charge is 0.379 e. The zero-order valence-corrected chi connectivity index (χ0v) is 10.5. The van der Waals surface area contributed by atoms with Gasteiger partial charge in [-0.25, -0.2) is 0 Å². The summed E-state index contributed by atoms with van der Waals surface area (Å²) in [6, 6.07) is 9.99. The molecule has 18 heavy (non-hydrogen) atoms. The Balaban J connectivity index is 2.49. The van der Waals surface area contributed by atoms with E-state index in [0.29, 0.717) is 12.2 Å². The second kappa shape index (κ2) is 5.52. The molecule has 1 aromatic carbocycles. The molecule has 2 aromatic rings. The van der Waals surface area contributed by atoms with Gasteiger partial charge in [0.15, 0.2) is 5.17 Å². The summed E-state index contributed by atoms with van der Waals surface area (Å²) in [6.45, 7) is 0. The first-order chi connectivity index (χ1) is 8.72. The zero-order chi connectivity index (χ0) is 13.0. The average Bonchev–Trinajstić information content (AvgIpc) is 2.38. The van der Waals surface area contributed by atoms with Gasteiger partial charge in [0.2, 0.25) is 0 Å². The SMILES string of the molecule is N#CCc1c(CSC(=N)N)ccc2cccnc12. The monoisotopic (exact) mass is 256 g/mol. The van der Waals surface area contributed by atoms with E-state index in [4.69, 9.17) is 16.4 Å². The first-order valence-corrected chi connectivity index (χ1v) is 6.40. The normalized spacial score (nSPS) is 10.2. The highest BCUT2D eigenvalue weighted by molar-refractivity contribution is 8.13. The molecule has 0 aliphatic heterocycles. The third-order valence-corrected chi connectivity index (χ3v) is 3.38. The van der Waals surface area contributed by atoms with Crippen LogP contribution in [0.25, 0.3) is 10.9 Å². The molecule has 0 aliphatic carbocycles. The van der Waals surface area contributed by atoms with Crippen molar-refractivity contribution in [2.75, 3.05) is 0 Å². The number of thioether (sulfide) groups is 1. The molecule has 0 saturated heterocycles. The fourth-order valence-corrected chi connectivity index (χ4v) is 2.40. The average molecular weight is 256 g/mol. The van der Waals surface area contributed by atoms with E-state index in [-0.39, 0.29) is 5.17 Å². The lowest BCUT2D eigenvalue weighted by molar-refractivity contribution is 1.20. The topological polar surface area (TPSA) is 86.5 Å². The molecule has 0 spiro atoms. The molecular formula is C13H12N4S. The van der Waals surface area contributed by atoms with Crippen LogP contribution < -0.4 is 5.73 Å². The highest BCUT2D eigenvalue weighted by atomic mass is 32.2. The minimum absolute atomic E-state index is 0.0824. The summed E-state index contributed by atoms with van der Waals surface area (Å²) in [5, 5.41) is 17.3. The van der Waals surface area contributed by atoms with Gasteiger partial charge >= 0.3 is 0 Å². The molecule has 1 aromatic heterocycles. The van der Waals surface area contributed by atoms with Gasteiger partial charge in [0.05, 0.1) is 18.0 Å². The summed E-state index contributed by atoms with van der Waals surface area (Å²) >= 11 is 1.26. The van der Waals surface area contributed by atoms with E-state index in [1.807, 2.05) is 24.3 Å². The Bertz CT molecular complexity index is 630. The second-order valence-electron chi connectivity index (χ2n) is 3.77. The Morgan fingerprint density at radius 3 is 3.00 bits per heavy atom. The quantitative estimate of drug-likeness (QED) is 0.652. The van der Waals surface area contributed by atoms with Crippen LogP contribution in [0.1, 0.15) is 11.1 Å². The summed E-state index contributed by atoms with van der Waals surface area (Å²) in [7, 11) is 0. The van der Waals surface area contributed by atoms with Crippen molar-refractivity contribution in [3.05, 3.63) is 41.6 Å². The third kappa shape index (κ3) is 2.60. The maximum atomic E-state index is 8.93. The van der Waals surface area contributed by atoms with E-state index < -0.39 is 0 Å². The smallest absolute Gasteiger partial charge is 0.151 e. The minimum atomic E-state index is 0.0824. The van der Waals surface area contributed by atoms with Crippen LogP contribution in [0.4, 0.5) is 0 Å². The predicted molar refractivity (Wildman–Crippen MR) is 74.3 cm³/mol. The minimum Gasteiger partial charge on any atom is -0.379 e. The van der Waals surface area contributed by atoms with Gasteiger partial charge < -0.3 is 5.73 Å². The van der Waals surface area contributed by atoms with Gasteiger partial charge in [-0.1, -0.05) is 30.0 Å². The zero-order valence-electron chi connectivity index (χ0n) is 9.68. The van der Waals surface area contributed by atoms with Crippen molar-refractivity contribution in [1.29, 1.82) is 10.7 Å². The molecule has 0 radical (unpaired) electrons. The number of benzene rings is 1. The number of nitrogens with one attached hydrogen (secondary N) is 1. The summed E-state index contributed by atoms with van der Waals surface area (Å²) in [5.74, 6) is 0.596. The van der Waals surface area contributed by atoms with Crippen LogP contribution in [0.5, 0.6) is 0 Å². The van der Waals surface area contributed by atoms with Crippen molar-refractivity contribution >= 4 is 27.8 Å². The van der Waals surface area contributed by atoms with Gasteiger partial charge in [-0.3, -0.25) is 10.4 Å². The number of aromatic nitrogens is 1. The van der Waals surface area contributed by atoms with Crippen LogP contribution in [0.3, 0.4) is 0 Å². The van der Waals surface area contributed by atoms with Crippen LogP contribution in [-0.4, -0.2) is 10.2 Å². The molecule has 3 N–H and O–H groups in total. The first-order valence-electron chi connectivity index (χ1n) is 5.41. The van der Waals surface area contributed by atoms with Crippen molar-refractivity contribution in [3.8, 4) is 6.07 Å². The summed E-state index contributed by atoms with van der Waals surface area (Å²) in [5.41, 5.74) is 8.16. The Kier molecular flexibility index (Phi) is 3.80. The van der Waals surface area contributed by atoms with Crippen LogP contribution in [0, 0.1) is 16.7 Å². The molecule has 0 unspecified atom stereocenters. The first kappa shape index (κ1) is 12.4. The lowest BCUT2D eigenvalue weighted by Crippen LogP contribution is -2.05. The molecule has 90 valence electrons. The number of rotatable bonds is 3. The predicted octanol–water partition coefficient (Wildman–Crippen LogP) is 2.43. The Hall–Kier alpha value is -2.06. The molecule has 1 heterocycles. The number of nitriles is 1. The molecule has 0 amide bonds. The lowest BCUT2D eigenvalue weighted by atomic mass is 10.0. The molecule has 0 bridgehead atoms. The summed E-state index contributed by atoms with van der Waals surface area (Å²) in [6.07, 6.45) is 2.05. The van der Waals surface area contributed by atoms with Crippen LogP contribution in [0.15, 0.2) is 30.5 Å². The third-order valence-electron chi connectivity index (χ3n) is 2.62. The van der Waals surface area contributed by atoms with E-state index in [1.54, 1.807) is 6.20 Å². The lowest BCUT2D eigenvalue weighted by Gasteiger charge is -2.09. The second-order valence-corrected chi connectivity index (χ2v) is 4.78. The number of fused-ring (bicyclic) bond motifs is 1. The summed E-state index contributed by atoms with van der Waals surface area (Å²) in [4.78, 5) is 4.34. The van der Waals surface area contributed by atoms with Gasteiger partial charge in [-0.2, -0.15) is 5.26 Å². The van der Waals surface area contributed by atoms with Crippen LogP contribution in [-0.2, 0) is 12.2 Å². The van der Waals surface area contributed by atoms with Crippen LogP contribution in [0.2, 0.25) is 0 Å². The fourth-order valence-electron chi connectivity index (χ4n) is 1.81. The number of nitrogens with two attached hydrogens (primary N) is 1. The molecule has 0 atom stereocenters. The number of hydrogen-bond donors (Lipinski definition) is 2. The van der Waals surface area contributed by atoms with Gasteiger partial charge in [0, 0.05) is 17.3 Å². The molecule has 2 rings (SSSR count). The molecule has 0 saturated carbocycles. The molecule has 0 aliphatic rings. The van der Waals surface area contributed by atoms with E-state index in [0.717, 1.165) is 22.0 Å². The Morgan fingerprint density at radius 2 is 2.28 bits per heavy atom. The highest BCUT2D eigenvalue weighted by Gasteiger charge is 2.09. The number of pyridine rings is 1. The van der Waals surface area contributed by atoms with Gasteiger partial charge in [-0.05, 0) is 17.2 Å². The Labute approximate surface area is 109 Å².